The van der Waals surface area contributed by atoms with E-state index in [9.17, 15) is 9.18 Å². The van der Waals surface area contributed by atoms with Crippen molar-refractivity contribution in [3.05, 3.63) is 108 Å². The van der Waals surface area contributed by atoms with E-state index < -0.39 is 0 Å². The minimum atomic E-state index is -0.298. The van der Waals surface area contributed by atoms with Gasteiger partial charge in [-0.25, -0.2) is 4.39 Å². The number of aryl methyl sites for hydroxylation is 1. The van der Waals surface area contributed by atoms with Crippen LogP contribution in [0, 0.1) is 5.82 Å². The van der Waals surface area contributed by atoms with E-state index in [1.165, 1.54) is 18.2 Å². The number of nitrogens with one attached hydrogen (secondary N) is 1. The molecule has 4 rings (SSSR count). The first-order valence-corrected chi connectivity index (χ1v) is 9.84. The Bertz CT molecular complexity index is 1200. The van der Waals surface area contributed by atoms with E-state index in [4.69, 9.17) is 0 Å². The first-order chi connectivity index (χ1) is 15.1. The fourth-order valence-electron chi connectivity index (χ4n) is 3.30. The minimum Gasteiger partial charge on any atom is -0.323 e. The lowest BCUT2D eigenvalue weighted by atomic mass is 10.1. The first-order valence-electron chi connectivity index (χ1n) is 9.84. The van der Waals surface area contributed by atoms with Crippen LogP contribution in [0.15, 0.2) is 85.2 Å². The van der Waals surface area contributed by atoms with Gasteiger partial charge in [0.05, 0.1) is 11.9 Å². The van der Waals surface area contributed by atoms with E-state index in [2.05, 4.69) is 15.4 Å². The van der Waals surface area contributed by atoms with Gasteiger partial charge in [-0.3, -0.25) is 14.5 Å². The van der Waals surface area contributed by atoms with E-state index in [0.717, 1.165) is 34.5 Å². The monoisotopic (exact) mass is 412 g/mol. The molecule has 2 heterocycles. The third kappa shape index (κ3) is 5.11. The maximum atomic E-state index is 13.2. The third-order valence-electron chi connectivity index (χ3n) is 4.83. The normalized spacial score (nSPS) is 11.0. The van der Waals surface area contributed by atoms with Crippen molar-refractivity contribution in [2.24, 2.45) is 7.05 Å². The quantitative estimate of drug-likeness (QED) is 0.460. The molecule has 1 amide bonds. The molecule has 0 fully saturated rings. The van der Waals surface area contributed by atoms with Gasteiger partial charge in [-0.05, 0) is 60.2 Å². The number of hydrogen-bond acceptors (Lipinski definition) is 3. The number of rotatable bonds is 6. The molecule has 2 aromatic heterocycles. The average Bonchev–Trinajstić information content (AvgIpc) is 3.15. The summed E-state index contributed by atoms with van der Waals surface area (Å²) in [6.07, 6.45) is 7.36. The molecule has 0 saturated carbocycles. The number of carbonyl (C=O) groups excluding carboxylic acids is 1. The summed E-state index contributed by atoms with van der Waals surface area (Å²) in [7, 11) is 1.81. The molecule has 2 aromatic carbocycles. The number of aromatic nitrogens is 3. The Kier molecular flexibility index (Phi) is 5.98. The molecular formula is C25H21FN4O. The van der Waals surface area contributed by atoms with E-state index in [0.29, 0.717) is 5.69 Å². The Labute approximate surface area is 179 Å². The van der Waals surface area contributed by atoms with Crippen LogP contribution >= 0.6 is 0 Å². The zero-order valence-electron chi connectivity index (χ0n) is 17.0. The second kappa shape index (κ2) is 9.17. The Balaban J connectivity index is 1.42. The molecule has 31 heavy (non-hydrogen) atoms. The van der Waals surface area contributed by atoms with Crippen LogP contribution in [0.25, 0.3) is 17.3 Å². The Hall–Kier alpha value is -4.06. The van der Waals surface area contributed by atoms with Crippen LogP contribution in [0.2, 0.25) is 0 Å². The summed E-state index contributed by atoms with van der Waals surface area (Å²) in [6.45, 7) is 0. The molecular weight excluding hydrogens is 391 g/mol. The summed E-state index contributed by atoms with van der Waals surface area (Å²) < 4.78 is 14.9. The maximum Gasteiger partial charge on any atom is 0.248 e. The number of pyridine rings is 1. The lowest BCUT2D eigenvalue weighted by Crippen LogP contribution is -2.07. The molecule has 0 atom stereocenters. The van der Waals surface area contributed by atoms with Gasteiger partial charge in [-0.2, -0.15) is 5.10 Å². The second-order valence-electron chi connectivity index (χ2n) is 7.10. The fourth-order valence-corrected chi connectivity index (χ4v) is 3.30. The zero-order chi connectivity index (χ0) is 21.6. The summed E-state index contributed by atoms with van der Waals surface area (Å²) in [5.74, 6) is -0.542. The fraction of sp³-hybridized carbons (Fsp3) is 0.0800. The number of nitrogens with zero attached hydrogens (tertiary/aromatic N) is 3. The maximum absolute atomic E-state index is 13.2. The van der Waals surface area contributed by atoms with Gasteiger partial charge in [-0.1, -0.05) is 18.2 Å². The van der Waals surface area contributed by atoms with Crippen LogP contribution in [0.1, 0.15) is 16.8 Å². The molecule has 0 aliphatic heterocycles. The Morgan fingerprint density at radius 1 is 1.06 bits per heavy atom. The lowest BCUT2D eigenvalue weighted by molar-refractivity contribution is -0.111. The van der Waals surface area contributed by atoms with Gasteiger partial charge < -0.3 is 5.32 Å². The van der Waals surface area contributed by atoms with Gasteiger partial charge in [-0.15, -0.1) is 0 Å². The predicted molar refractivity (Wildman–Crippen MR) is 120 cm³/mol. The van der Waals surface area contributed by atoms with Crippen LogP contribution in [0.5, 0.6) is 0 Å². The van der Waals surface area contributed by atoms with Gasteiger partial charge in [0.1, 0.15) is 5.82 Å². The van der Waals surface area contributed by atoms with E-state index in [1.54, 1.807) is 35.3 Å². The van der Waals surface area contributed by atoms with Crippen LogP contribution in [0.3, 0.4) is 0 Å². The minimum absolute atomic E-state index is 0.244. The Morgan fingerprint density at radius 2 is 1.84 bits per heavy atom. The van der Waals surface area contributed by atoms with Crippen molar-refractivity contribution < 1.29 is 9.18 Å². The van der Waals surface area contributed by atoms with Crippen LogP contribution in [0.4, 0.5) is 10.1 Å². The van der Waals surface area contributed by atoms with Crippen molar-refractivity contribution in [2.75, 3.05) is 5.32 Å². The van der Waals surface area contributed by atoms with Crippen molar-refractivity contribution in [1.82, 2.24) is 14.8 Å². The number of benzene rings is 2. The van der Waals surface area contributed by atoms with Crippen molar-refractivity contribution in [3.63, 3.8) is 0 Å². The average molecular weight is 412 g/mol. The molecule has 1 N–H and O–H groups in total. The number of amides is 1. The largest absolute Gasteiger partial charge is 0.323 e. The highest BCUT2D eigenvalue weighted by atomic mass is 19.1. The summed E-state index contributed by atoms with van der Waals surface area (Å²) in [6, 6.07) is 19.7. The predicted octanol–water partition coefficient (Wildman–Crippen LogP) is 4.86. The van der Waals surface area contributed by atoms with E-state index in [1.807, 2.05) is 49.5 Å². The topological polar surface area (TPSA) is 59.8 Å². The number of carbonyl (C=O) groups is 1. The van der Waals surface area contributed by atoms with Crippen molar-refractivity contribution in [2.45, 2.75) is 6.42 Å². The third-order valence-corrected chi connectivity index (χ3v) is 4.83. The molecule has 0 spiro atoms. The van der Waals surface area contributed by atoms with Crippen molar-refractivity contribution in [3.8, 4) is 11.3 Å². The van der Waals surface area contributed by atoms with Gasteiger partial charge in [0.15, 0.2) is 0 Å². The van der Waals surface area contributed by atoms with Gasteiger partial charge in [0, 0.05) is 48.2 Å². The highest BCUT2D eigenvalue weighted by molar-refractivity contribution is 6.02. The molecule has 0 aliphatic rings. The molecule has 0 saturated heterocycles. The number of halogens is 1. The molecule has 6 heteroatoms. The molecule has 0 aliphatic carbocycles. The highest BCUT2D eigenvalue weighted by Gasteiger charge is 2.09. The highest BCUT2D eigenvalue weighted by Crippen LogP contribution is 2.24. The lowest BCUT2D eigenvalue weighted by Gasteiger charge is -2.05. The van der Waals surface area contributed by atoms with Gasteiger partial charge in [0.2, 0.25) is 5.91 Å². The smallest absolute Gasteiger partial charge is 0.248 e. The van der Waals surface area contributed by atoms with Crippen LogP contribution in [-0.2, 0) is 18.3 Å². The second-order valence-corrected chi connectivity index (χ2v) is 7.10. The van der Waals surface area contributed by atoms with Crippen molar-refractivity contribution in [1.29, 1.82) is 0 Å². The standard InChI is InChI=1S/C25H21FN4O/c1-30-25(19-7-10-21(26)11-8-19)20(17-28-30)9-14-24(31)29-22-12-5-18(6-13-22)16-23-4-2-3-15-27-23/h2-15,17H,16H2,1H3,(H,29,31)/b14-9+. The van der Waals surface area contributed by atoms with Gasteiger partial charge >= 0.3 is 0 Å². The molecule has 0 unspecified atom stereocenters. The zero-order valence-corrected chi connectivity index (χ0v) is 17.0. The summed E-state index contributed by atoms with van der Waals surface area (Å²) in [4.78, 5) is 16.7. The molecule has 4 aromatic rings. The van der Waals surface area contributed by atoms with Crippen molar-refractivity contribution >= 4 is 17.7 Å². The van der Waals surface area contributed by atoms with Gasteiger partial charge in [0.25, 0.3) is 0 Å². The van der Waals surface area contributed by atoms with E-state index >= 15 is 0 Å². The van der Waals surface area contributed by atoms with E-state index in [-0.39, 0.29) is 11.7 Å². The summed E-state index contributed by atoms with van der Waals surface area (Å²) in [5.41, 5.74) is 5.23. The first kappa shape index (κ1) is 20.2. The molecule has 5 nitrogen and oxygen atoms in total. The molecule has 0 bridgehead atoms. The Morgan fingerprint density at radius 3 is 2.55 bits per heavy atom. The van der Waals surface area contributed by atoms with Crippen LogP contribution < -0.4 is 5.32 Å². The molecule has 154 valence electrons. The van der Waals surface area contributed by atoms with Crippen LogP contribution in [-0.4, -0.2) is 20.7 Å². The summed E-state index contributed by atoms with van der Waals surface area (Å²) in [5, 5.41) is 7.11. The number of hydrogen-bond donors (Lipinski definition) is 1. The SMILES string of the molecule is Cn1ncc(/C=C/C(=O)Nc2ccc(Cc3ccccn3)cc2)c1-c1ccc(F)cc1. The number of anilines is 1. The molecule has 0 radical (unpaired) electrons. The summed E-state index contributed by atoms with van der Waals surface area (Å²) >= 11 is 0.